The van der Waals surface area contributed by atoms with Gasteiger partial charge in [0.1, 0.15) is 5.75 Å². The Morgan fingerprint density at radius 1 is 1.18 bits per heavy atom. The van der Waals surface area contributed by atoms with Gasteiger partial charge in [-0.05, 0) is 43.4 Å². The van der Waals surface area contributed by atoms with Gasteiger partial charge in [0.2, 0.25) is 0 Å². The Hall–Kier alpha value is -2.94. The van der Waals surface area contributed by atoms with Crippen molar-refractivity contribution < 1.29 is 23.0 Å². The Labute approximate surface area is 158 Å². The molecule has 6 nitrogen and oxygen atoms in total. The molecule has 1 fully saturated rings. The van der Waals surface area contributed by atoms with E-state index in [1.807, 2.05) is 0 Å². The molecule has 0 radical (unpaired) electrons. The van der Waals surface area contributed by atoms with Crippen molar-refractivity contribution in [1.82, 2.24) is 14.6 Å². The van der Waals surface area contributed by atoms with Gasteiger partial charge in [-0.25, -0.2) is 14.5 Å². The Kier molecular flexibility index (Phi) is 4.76. The van der Waals surface area contributed by atoms with Crippen LogP contribution in [-0.2, 0) is 0 Å². The zero-order chi connectivity index (χ0) is 19.7. The van der Waals surface area contributed by atoms with Crippen LogP contribution in [0, 0.1) is 0 Å². The summed E-state index contributed by atoms with van der Waals surface area (Å²) < 4.78 is 43.0. The van der Waals surface area contributed by atoms with E-state index >= 15 is 0 Å². The van der Waals surface area contributed by atoms with E-state index < -0.39 is 6.36 Å². The number of rotatable bonds is 3. The number of aliphatic hydroxyl groups is 1. The summed E-state index contributed by atoms with van der Waals surface area (Å²) in [6.07, 6.45) is 1.03. The Balaban J connectivity index is 1.67. The van der Waals surface area contributed by atoms with Crippen molar-refractivity contribution in [3.63, 3.8) is 0 Å². The minimum Gasteiger partial charge on any atom is -0.406 e. The Morgan fingerprint density at radius 2 is 1.96 bits per heavy atom. The van der Waals surface area contributed by atoms with Gasteiger partial charge in [-0.3, -0.25) is 0 Å². The fourth-order valence-electron chi connectivity index (χ4n) is 3.20. The number of nitrogens with zero attached hydrogens (tertiary/aromatic N) is 4. The molecular weight excluding hydrogens is 373 g/mol. The largest absolute Gasteiger partial charge is 0.573 e. The lowest BCUT2D eigenvalue weighted by atomic mass is 9.96. The van der Waals surface area contributed by atoms with Crippen molar-refractivity contribution >= 4 is 17.2 Å². The molecule has 4 rings (SSSR count). The van der Waals surface area contributed by atoms with Gasteiger partial charge in [-0.1, -0.05) is 12.1 Å². The standard InChI is InChI=1S/C19H17F3N4O2/c20-19(21,22)28-15-3-1-2-12(10-15)16-11-23-26-9-8-17(25-18(16)26)24-13-4-6-14(27)7-5-13/h1-3,8-11,14,27H,4-7H2. The van der Waals surface area contributed by atoms with Gasteiger partial charge in [-0.15, -0.1) is 13.2 Å². The second-order valence-electron chi connectivity index (χ2n) is 6.60. The molecule has 0 atom stereocenters. The van der Waals surface area contributed by atoms with Gasteiger partial charge < -0.3 is 9.84 Å². The van der Waals surface area contributed by atoms with Crippen LogP contribution in [0.25, 0.3) is 16.8 Å². The number of hydrogen-bond donors (Lipinski definition) is 1. The van der Waals surface area contributed by atoms with Crippen LogP contribution in [0.15, 0.2) is 47.7 Å². The van der Waals surface area contributed by atoms with Gasteiger partial charge in [0.05, 0.1) is 12.3 Å². The van der Waals surface area contributed by atoms with E-state index in [1.54, 1.807) is 29.0 Å². The molecule has 0 amide bonds. The third-order valence-corrected chi connectivity index (χ3v) is 4.54. The maximum atomic E-state index is 12.5. The molecule has 1 aliphatic rings. The van der Waals surface area contributed by atoms with Gasteiger partial charge in [0, 0.05) is 23.5 Å². The van der Waals surface area contributed by atoms with Crippen molar-refractivity contribution in [3.8, 4) is 16.9 Å². The van der Waals surface area contributed by atoms with Crippen LogP contribution >= 0.6 is 0 Å². The molecule has 1 aliphatic carbocycles. The highest BCUT2D eigenvalue weighted by atomic mass is 19.4. The fraction of sp³-hybridized carbons (Fsp3) is 0.316. The molecule has 0 bridgehead atoms. The number of alkyl halides is 3. The van der Waals surface area contributed by atoms with Crippen LogP contribution < -0.4 is 4.74 Å². The summed E-state index contributed by atoms with van der Waals surface area (Å²) in [5.41, 5.74) is 2.55. The lowest BCUT2D eigenvalue weighted by Crippen LogP contribution is -2.17. The van der Waals surface area contributed by atoms with Gasteiger partial charge in [0.25, 0.3) is 0 Å². The number of ether oxygens (including phenoxy) is 1. The van der Waals surface area contributed by atoms with Gasteiger partial charge in [0.15, 0.2) is 11.5 Å². The predicted octanol–water partition coefficient (Wildman–Crippen LogP) is 4.30. The average Bonchev–Trinajstić information content (AvgIpc) is 3.06. The first-order chi connectivity index (χ1) is 13.4. The molecule has 3 aromatic rings. The van der Waals surface area contributed by atoms with Crippen LogP contribution in [0.3, 0.4) is 0 Å². The summed E-state index contributed by atoms with van der Waals surface area (Å²) in [4.78, 5) is 9.08. The Bertz CT molecular complexity index is 1020. The zero-order valence-corrected chi connectivity index (χ0v) is 14.7. The molecular formula is C19H17F3N4O2. The molecule has 1 saturated carbocycles. The summed E-state index contributed by atoms with van der Waals surface area (Å²) in [5, 5.41) is 13.8. The molecule has 1 N–H and O–H groups in total. The summed E-state index contributed by atoms with van der Waals surface area (Å²) >= 11 is 0. The van der Waals surface area contributed by atoms with E-state index in [0.29, 0.717) is 35.4 Å². The SMILES string of the molecule is OC1CCC(=Nc2ccn3ncc(-c4cccc(OC(F)(F)F)c4)c3n2)CC1. The van der Waals surface area contributed by atoms with Gasteiger partial charge in [-0.2, -0.15) is 5.10 Å². The van der Waals surface area contributed by atoms with E-state index in [-0.39, 0.29) is 11.9 Å². The average molecular weight is 390 g/mol. The molecule has 28 heavy (non-hydrogen) atoms. The van der Waals surface area contributed by atoms with Crippen molar-refractivity contribution in [2.45, 2.75) is 38.1 Å². The number of halogens is 3. The number of benzene rings is 1. The predicted molar refractivity (Wildman–Crippen MR) is 96.7 cm³/mol. The first-order valence-corrected chi connectivity index (χ1v) is 8.82. The number of fused-ring (bicyclic) bond motifs is 1. The molecule has 0 aliphatic heterocycles. The monoisotopic (exact) mass is 390 g/mol. The minimum atomic E-state index is -4.76. The van der Waals surface area contributed by atoms with Crippen LogP contribution in [0.1, 0.15) is 25.7 Å². The quantitative estimate of drug-likeness (QED) is 0.724. The summed E-state index contributed by atoms with van der Waals surface area (Å²) in [7, 11) is 0. The van der Waals surface area contributed by atoms with Crippen molar-refractivity contribution in [1.29, 1.82) is 0 Å². The zero-order valence-electron chi connectivity index (χ0n) is 14.7. The smallest absolute Gasteiger partial charge is 0.406 e. The maximum Gasteiger partial charge on any atom is 0.573 e. The second-order valence-corrected chi connectivity index (χ2v) is 6.60. The molecule has 9 heteroatoms. The molecule has 146 valence electrons. The molecule has 1 aromatic carbocycles. The molecule has 0 saturated heterocycles. The molecule has 2 heterocycles. The van der Waals surface area contributed by atoms with Crippen molar-refractivity contribution in [3.05, 3.63) is 42.7 Å². The number of aliphatic hydroxyl groups excluding tert-OH is 1. The third-order valence-electron chi connectivity index (χ3n) is 4.54. The number of aromatic nitrogens is 3. The van der Waals surface area contributed by atoms with Crippen molar-refractivity contribution in [2.75, 3.05) is 0 Å². The van der Waals surface area contributed by atoms with Crippen LogP contribution in [0.4, 0.5) is 19.0 Å². The third kappa shape index (κ3) is 4.14. The molecule has 0 unspecified atom stereocenters. The normalized spacial score (nSPS) is 17.7. The van der Waals surface area contributed by atoms with Crippen LogP contribution in [-0.4, -0.2) is 37.9 Å². The lowest BCUT2D eigenvalue weighted by Gasteiger charge is -2.17. The van der Waals surface area contributed by atoms with Gasteiger partial charge >= 0.3 is 6.36 Å². The lowest BCUT2D eigenvalue weighted by molar-refractivity contribution is -0.274. The van der Waals surface area contributed by atoms with Crippen molar-refractivity contribution in [2.24, 2.45) is 4.99 Å². The first kappa shape index (κ1) is 18.4. The highest BCUT2D eigenvalue weighted by Crippen LogP contribution is 2.30. The maximum absolute atomic E-state index is 12.5. The highest BCUT2D eigenvalue weighted by molar-refractivity contribution is 5.87. The second kappa shape index (κ2) is 7.23. The summed E-state index contributed by atoms with van der Waals surface area (Å²) in [5.74, 6) is 0.199. The first-order valence-electron chi connectivity index (χ1n) is 8.82. The van der Waals surface area contributed by atoms with E-state index in [1.165, 1.54) is 18.2 Å². The van der Waals surface area contributed by atoms with E-state index in [9.17, 15) is 18.3 Å². The molecule has 0 spiro atoms. The summed E-state index contributed by atoms with van der Waals surface area (Å²) in [6.45, 7) is 0. The topological polar surface area (TPSA) is 72.0 Å². The van der Waals surface area contributed by atoms with E-state index in [0.717, 1.165) is 18.6 Å². The number of aliphatic imine (C=N–C) groups is 1. The summed E-state index contributed by atoms with van der Waals surface area (Å²) in [6, 6.07) is 7.42. The van der Waals surface area contributed by atoms with Crippen LogP contribution in [0.5, 0.6) is 5.75 Å². The number of hydrogen-bond acceptors (Lipinski definition) is 5. The Morgan fingerprint density at radius 3 is 2.71 bits per heavy atom. The van der Waals surface area contributed by atoms with Crippen LogP contribution in [0.2, 0.25) is 0 Å². The fourth-order valence-corrected chi connectivity index (χ4v) is 3.20. The molecule has 2 aromatic heterocycles. The highest BCUT2D eigenvalue weighted by Gasteiger charge is 2.31. The van der Waals surface area contributed by atoms with E-state index in [4.69, 9.17) is 0 Å². The van der Waals surface area contributed by atoms with E-state index in [2.05, 4.69) is 19.8 Å². The minimum absolute atomic E-state index is 0.276.